The molecule has 1 amide bonds. The summed E-state index contributed by atoms with van der Waals surface area (Å²) >= 11 is 0. The van der Waals surface area contributed by atoms with Crippen LogP contribution < -0.4 is 10.6 Å². The van der Waals surface area contributed by atoms with Gasteiger partial charge in [0.1, 0.15) is 6.04 Å². The highest BCUT2D eigenvalue weighted by atomic mass is 35.5. The molecule has 8 heteroatoms. The maximum absolute atomic E-state index is 12.6. The van der Waals surface area contributed by atoms with E-state index in [0.717, 1.165) is 22.3 Å². The number of carbonyl (C=O) groups is 1. The van der Waals surface area contributed by atoms with Crippen molar-refractivity contribution in [1.82, 2.24) is 25.4 Å². The standard InChI is InChI=1S/C20H23N5O.2ClH/c1-14(24-20(26)19(21-2)18-12-23-25(3)13-18)15-4-6-16(7-5-15)17-8-10-22-11-9-17;;/h4-14,19,21H,1-3H3,(H,24,26);2*1H. The molecule has 2 atom stereocenters. The molecule has 2 unspecified atom stereocenters. The number of pyridine rings is 1. The van der Waals surface area contributed by atoms with Gasteiger partial charge in [-0.25, -0.2) is 0 Å². The molecule has 2 N–H and O–H groups in total. The molecule has 3 aromatic rings. The molecule has 3 rings (SSSR count). The number of hydrogen-bond acceptors (Lipinski definition) is 4. The second-order valence-corrected chi connectivity index (χ2v) is 6.26. The molecule has 0 bridgehead atoms. The summed E-state index contributed by atoms with van der Waals surface area (Å²) in [7, 11) is 3.60. The van der Waals surface area contributed by atoms with Gasteiger partial charge in [-0.05, 0) is 42.8 Å². The van der Waals surface area contributed by atoms with Crippen molar-refractivity contribution in [2.24, 2.45) is 7.05 Å². The van der Waals surface area contributed by atoms with Gasteiger partial charge in [0.15, 0.2) is 0 Å². The Morgan fingerprint density at radius 1 is 1.00 bits per heavy atom. The van der Waals surface area contributed by atoms with E-state index >= 15 is 0 Å². The summed E-state index contributed by atoms with van der Waals surface area (Å²) in [6.45, 7) is 1.98. The minimum atomic E-state index is -0.428. The number of halogens is 2. The van der Waals surface area contributed by atoms with Crippen molar-refractivity contribution in [1.29, 1.82) is 0 Å². The molecule has 0 spiro atoms. The van der Waals surface area contributed by atoms with Crippen LogP contribution in [0, 0.1) is 0 Å². The summed E-state index contributed by atoms with van der Waals surface area (Å²) in [4.78, 5) is 16.7. The number of rotatable bonds is 6. The molecular weight excluding hydrogens is 397 g/mol. The smallest absolute Gasteiger partial charge is 0.242 e. The van der Waals surface area contributed by atoms with Crippen LogP contribution in [0.4, 0.5) is 0 Å². The number of aromatic nitrogens is 3. The van der Waals surface area contributed by atoms with E-state index in [-0.39, 0.29) is 36.8 Å². The molecule has 28 heavy (non-hydrogen) atoms. The van der Waals surface area contributed by atoms with Crippen LogP contribution in [0.1, 0.15) is 30.1 Å². The molecular formula is C20H25Cl2N5O. The molecule has 0 radical (unpaired) electrons. The predicted molar refractivity (Wildman–Crippen MR) is 116 cm³/mol. The number of nitrogens with zero attached hydrogens (tertiary/aromatic N) is 3. The molecule has 0 saturated heterocycles. The van der Waals surface area contributed by atoms with Crippen LogP contribution in [0.3, 0.4) is 0 Å². The number of hydrogen-bond donors (Lipinski definition) is 2. The fraction of sp³-hybridized carbons (Fsp3) is 0.250. The minimum absolute atomic E-state index is 0. The first-order valence-corrected chi connectivity index (χ1v) is 8.55. The van der Waals surface area contributed by atoms with Gasteiger partial charge in [-0.3, -0.25) is 14.5 Å². The van der Waals surface area contributed by atoms with Crippen molar-refractivity contribution >= 4 is 30.7 Å². The number of nitrogens with one attached hydrogen (secondary N) is 2. The van der Waals surface area contributed by atoms with Crippen molar-refractivity contribution in [3.63, 3.8) is 0 Å². The van der Waals surface area contributed by atoms with E-state index in [1.165, 1.54) is 0 Å². The number of amides is 1. The highest BCUT2D eigenvalue weighted by molar-refractivity contribution is 5.85. The highest BCUT2D eigenvalue weighted by Gasteiger charge is 2.22. The van der Waals surface area contributed by atoms with Gasteiger partial charge in [-0.2, -0.15) is 5.10 Å². The first kappa shape index (κ1) is 23.6. The average Bonchev–Trinajstić information content (AvgIpc) is 3.09. The van der Waals surface area contributed by atoms with E-state index in [9.17, 15) is 4.79 Å². The van der Waals surface area contributed by atoms with Crippen molar-refractivity contribution in [2.45, 2.75) is 19.0 Å². The van der Waals surface area contributed by atoms with E-state index in [4.69, 9.17) is 0 Å². The van der Waals surface area contributed by atoms with Crippen LogP contribution in [0.5, 0.6) is 0 Å². The Morgan fingerprint density at radius 2 is 1.61 bits per heavy atom. The number of aryl methyl sites for hydroxylation is 1. The lowest BCUT2D eigenvalue weighted by atomic mass is 10.0. The summed E-state index contributed by atoms with van der Waals surface area (Å²) < 4.78 is 1.69. The minimum Gasteiger partial charge on any atom is -0.348 e. The van der Waals surface area contributed by atoms with Gasteiger partial charge in [0.05, 0.1) is 12.2 Å². The lowest BCUT2D eigenvalue weighted by molar-refractivity contribution is -0.123. The van der Waals surface area contributed by atoms with Crippen LogP contribution in [-0.4, -0.2) is 27.7 Å². The zero-order valence-electron chi connectivity index (χ0n) is 16.0. The van der Waals surface area contributed by atoms with E-state index in [1.54, 1.807) is 30.3 Å². The Balaban J connectivity index is 0.00000196. The summed E-state index contributed by atoms with van der Waals surface area (Å²) in [5.74, 6) is -0.0776. The summed E-state index contributed by atoms with van der Waals surface area (Å²) in [6, 6.07) is 11.6. The maximum atomic E-state index is 12.6. The van der Waals surface area contributed by atoms with Gasteiger partial charge >= 0.3 is 0 Å². The lowest BCUT2D eigenvalue weighted by Gasteiger charge is -2.19. The molecule has 0 aliphatic carbocycles. The molecule has 1 aromatic carbocycles. The average molecular weight is 422 g/mol. The Bertz CT molecular complexity index is 868. The second kappa shape index (κ2) is 10.8. The third-order valence-electron chi connectivity index (χ3n) is 4.39. The summed E-state index contributed by atoms with van der Waals surface area (Å²) in [5, 5.41) is 10.2. The summed E-state index contributed by atoms with van der Waals surface area (Å²) in [6.07, 6.45) is 7.11. The zero-order chi connectivity index (χ0) is 18.5. The van der Waals surface area contributed by atoms with Gasteiger partial charge in [0.25, 0.3) is 0 Å². The van der Waals surface area contributed by atoms with Gasteiger partial charge in [-0.15, -0.1) is 24.8 Å². The molecule has 2 heterocycles. The number of benzene rings is 1. The first-order chi connectivity index (χ1) is 12.6. The summed E-state index contributed by atoms with van der Waals surface area (Å²) in [5.41, 5.74) is 4.14. The van der Waals surface area contributed by atoms with Gasteiger partial charge in [0.2, 0.25) is 5.91 Å². The van der Waals surface area contributed by atoms with Gasteiger partial charge < -0.3 is 10.6 Å². The molecule has 0 fully saturated rings. The molecule has 6 nitrogen and oxygen atoms in total. The molecule has 0 aliphatic rings. The monoisotopic (exact) mass is 421 g/mol. The van der Waals surface area contributed by atoms with Crippen molar-refractivity contribution in [3.05, 3.63) is 72.3 Å². The Morgan fingerprint density at radius 3 is 2.14 bits per heavy atom. The number of likely N-dealkylation sites (N-methyl/N-ethyl adjacent to an activating group) is 1. The lowest BCUT2D eigenvalue weighted by Crippen LogP contribution is -2.37. The second-order valence-electron chi connectivity index (χ2n) is 6.26. The largest absolute Gasteiger partial charge is 0.348 e. The molecule has 0 aliphatic heterocycles. The van der Waals surface area contributed by atoms with Crippen LogP contribution in [0.15, 0.2) is 61.2 Å². The fourth-order valence-corrected chi connectivity index (χ4v) is 2.93. The topological polar surface area (TPSA) is 71.8 Å². The van der Waals surface area contributed by atoms with E-state index in [1.807, 2.05) is 44.4 Å². The third kappa shape index (κ3) is 5.55. The predicted octanol–water partition coefficient (Wildman–Crippen LogP) is 3.46. The van der Waals surface area contributed by atoms with Crippen molar-refractivity contribution in [3.8, 4) is 11.1 Å². The van der Waals surface area contributed by atoms with E-state index < -0.39 is 6.04 Å². The Hall–Kier alpha value is -2.41. The SMILES string of the molecule is CNC(C(=O)NC(C)c1ccc(-c2ccncc2)cc1)c1cnn(C)c1.Cl.Cl. The van der Waals surface area contributed by atoms with Crippen LogP contribution in [0.2, 0.25) is 0 Å². The van der Waals surface area contributed by atoms with E-state index in [2.05, 4.69) is 32.8 Å². The van der Waals surface area contributed by atoms with Crippen molar-refractivity contribution in [2.75, 3.05) is 7.05 Å². The third-order valence-corrected chi connectivity index (χ3v) is 4.39. The Labute approximate surface area is 177 Å². The highest BCUT2D eigenvalue weighted by Crippen LogP contribution is 2.22. The molecule has 0 saturated carbocycles. The van der Waals surface area contributed by atoms with Crippen LogP contribution >= 0.6 is 24.8 Å². The van der Waals surface area contributed by atoms with Crippen LogP contribution in [0.25, 0.3) is 11.1 Å². The van der Waals surface area contributed by atoms with Crippen LogP contribution in [-0.2, 0) is 11.8 Å². The maximum Gasteiger partial charge on any atom is 0.242 e. The molecule has 150 valence electrons. The van der Waals surface area contributed by atoms with Gasteiger partial charge in [0, 0.05) is 31.2 Å². The first-order valence-electron chi connectivity index (χ1n) is 8.55. The van der Waals surface area contributed by atoms with Gasteiger partial charge in [-0.1, -0.05) is 24.3 Å². The molecule has 2 aromatic heterocycles. The zero-order valence-corrected chi connectivity index (χ0v) is 17.6. The number of carbonyl (C=O) groups excluding carboxylic acids is 1. The normalized spacial score (nSPS) is 12.2. The Kier molecular flexibility index (Phi) is 9.12. The van der Waals surface area contributed by atoms with E-state index in [0.29, 0.717) is 0 Å². The quantitative estimate of drug-likeness (QED) is 0.638. The fourth-order valence-electron chi connectivity index (χ4n) is 2.93. The van der Waals surface area contributed by atoms with Crippen molar-refractivity contribution < 1.29 is 4.79 Å².